The fourth-order valence-corrected chi connectivity index (χ4v) is 3.42. The largest absolute Gasteiger partial charge is 0.352 e. The number of nitrogens with two attached hydrogens (primary N) is 1. The van der Waals surface area contributed by atoms with E-state index in [0.29, 0.717) is 6.54 Å². The van der Waals surface area contributed by atoms with Crippen molar-refractivity contribution in [3.05, 3.63) is 137 Å². The molecule has 0 spiro atoms. The zero-order valence-corrected chi connectivity index (χ0v) is 31.3. The second kappa shape index (κ2) is 26.7. The Morgan fingerprint density at radius 2 is 1.13 bits per heavy atom. The molecule has 0 saturated heterocycles. The molecule has 0 aliphatic heterocycles. The molecule has 250 valence electrons. The highest BCUT2D eigenvalue weighted by atomic mass is 16.1. The molecule has 0 unspecified atom stereocenters. The zero-order valence-electron chi connectivity index (χ0n) is 31.3. The number of benzene rings is 3. The van der Waals surface area contributed by atoms with Gasteiger partial charge in [-0.05, 0) is 109 Å². The van der Waals surface area contributed by atoms with E-state index in [1.807, 2.05) is 65.8 Å². The molecule has 0 bridgehead atoms. The van der Waals surface area contributed by atoms with Crippen LogP contribution in [0.2, 0.25) is 0 Å². The highest BCUT2D eigenvalue weighted by molar-refractivity contribution is 5.94. The molecule has 3 heteroatoms. The van der Waals surface area contributed by atoms with Crippen molar-refractivity contribution in [3.63, 3.8) is 0 Å². The minimum Gasteiger partial charge on any atom is -0.352 e. The van der Waals surface area contributed by atoms with Crippen molar-refractivity contribution in [3.8, 4) is 0 Å². The summed E-state index contributed by atoms with van der Waals surface area (Å²) in [6.07, 6.45) is 3.12. The van der Waals surface area contributed by atoms with E-state index in [-0.39, 0.29) is 11.3 Å². The Morgan fingerprint density at radius 1 is 0.756 bits per heavy atom. The third kappa shape index (κ3) is 24.3. The summed E-state index contributed by atoms with van der Waals surface area (Å²) < 4.78 is 0. The number of allylic oxidation sites excluding steroid dienone is 4. The van der Waals surface area contributed by atoms with Crippen molar-refractivity contribution in [1.82, 2.24) is 5.32 Å². The monoisotopic (exact) mass is 615 g/mol. The SMILES string of the molecule is C/C=C(\C)c1ccc(C)cc1.C=C(C)C.C=C(C)Cc1ccc(C(C)(C)C)cc1.CC.CCNC(=O)c1ccc(C)cc1.CN. The summed E-state index contributed by atoms with van der Waals surface area (Å²) in [4.78, 5) is 11.2. The summed E-state index contributed by atoms with van der Waals surface area (Å²) in [5.41, 5.74) is 15.7. The minimum absolute atomic E-state index is 0.00231. The second-order valence-corrected chi connectivity index (χ2v) is 11.9. The lowest BCUT2D eigenvalue weighted by Gasteiger charge is -2.19. The Kier molecular flexibility index (Phi) is 27.1. The fraction of sp³-hybridized carbons (Fsp3) is 0.405. The van der Waals surface area contributed by atoms with E-state index in [1.165, 1.54) is 51.6 Å². The van der Waals surface area contributed by atoms with Gasteiger partial charge in [0.25, 0.3) is 5.91 Å². The Labute approximate surface area is 278 Å². The van der Waals surface area contributed by atoms with Gasteiger partial charge in [0.2, 0.25) is 0 Å². The fourth-order valence-electron chi connectivity index (χ4n) is 3.42. The van der Waals surface area contributed by atoms with Crippen molar-refractivity contribution < 1.29 is 4.79 Å². The number of aryl methyl sites for hydroxylation is 2. The summed E-state index contributed by atoms with van der Waals surface area (Å²) in [5.74, 6) is -0.00231. The zero-order chi connectivity index (χ0) is 35.6. The molecule has 3 nitrogen and oxygen atoms in total. The van der Waals surface area contributed by atoms with Crippen LogP contribution in [0.5, 0.6) is 0 Å². The molecule has 45 heavy (non-hydrogen) atoms. The van der Waals surface area contributed by atoms with Crippen LogP contribution in [0.15, 0.2) is 103 Å². The van der Waals surface area contributed by atoms with Crippen molar-refractivity contribution in [2.24, 2.45) is 5.73 Å². The van der Waals surface area contributed by atoms with Gasteiger partial charge in [0, 0.05) is 12.1 Å². The maximum absolute atomic E-state index is 11.2. The maximum atomic E-state index is 11.2. The molecule has 0 radical (unpaired) electrons. The third-order valence-electron chi connectivity index (χ3n) is 5.92. The Hall–Kier alpha value is -3.69. The van der Waals surface area contributed by atoms with Gasteiger partial charge in [-0.25, -0.2) is 0 Å². The number of hydrogen-bond donors (Lipinski definition) is 2. The number of hydrogen-bond acceptors (Lipinski definition) is 2. The van der Waals surface area contributed by atoms with Crippen molar-refractivity contribution in [2.45, 2.75) is 102 Å². The van der Waals surface area contributed by atoms with Gasteiger partial charge in [-0.3, -0.25) is 4.79 Å². The quantitative estimate of drug-likeness (QED) is 0.281. The lowest BCUT2D eigenvalue weighted by Crippen LogP contribution is -2.22. The second-order valence-electron chi connectivity index (χ2n) is 11.9. The molecule has 0 aliphatic carbocycles. The first-order chi connectivity index (χ1) is 21.1. The van der Waals surface area contributed by atoms with Gasteiger partial charge in [0.15, 0.2) is 0 Å². The Balaban J connectivity index is -0.000000529. The minimum atomic E-state index is -0.00231. The van der Waals surface area contributed by atoms with Crippen molar-refractivity contribution in [1.29, 1.82) is 0 Å². The van der Waals surface area contributed by atoms with E-state index in [2.05, 4.69) is 127 Å². The third-order valence-corrected chi connectivity index (χ3v) is 5.92. The predicted octanol–water partition coefficient (Wildman–Crippen LogP) is 11.4. The number of rotatable bonds is 5. The molecule has 0 fully saturated rings. The van der Waals surface area contributed by atoms with E-state index >= 15 is 0 Å². The van der Waals surface area contributed by atoms with Crippen LogP contribution in [0.1, 0.15) is 114 Å². The lowest BCUT2D eigenvalue weighted by atomic mass is 9.86. The normalized spacial score (nSPS) is 9.80. The molecular weight excluding hydrogens is 548 g/mol. The first-order valence-electron chi connectivity index (χ1n) is 16.1. The van der Waals surface area contributed by atoms with E-state index in [4.69, 9.17) is 0 Å². The standard InChI is InChI=1S/C14H20.C11H14.C10H13NO.C4H8.C2H6.CH5N/c1-11(2)10-12-6-8-13(9-7-12)14(3,4)5;1-4-10(3)11-7-5-9(2)6-8-11;1-3-11-10(12)9-6-4-8(2)5-7-9;1-4(2)3;2*1-2/h6-9H,1,10H2,2-5H3;4-8H,1-3H3;4-7H,3H2,1-2H3,(H,11,12);1H2,2-3H3;1-2H3;2H2,1H3/b;10-4+;;;;. The van der Waals surface area contributed by atoms with Crippen molar-refractivity contribution in [2.75, 3.05) is 13.6 Å². The van der Waals surface area contributed by atoms with Gasteiger partial charge >= 0.3 is 0 Å². The smallest absolute Gasteiger partial charge is 0.251 e. The molecule has 0 saturated carbocycles. The highest BCUT2D eigenvalue weighted by Crippen LogP contribution is 2.22. The van der Waals surface area contributed by atoms with Crippen LogP contribution in [0.4, 0.5) is 0 Å². The van der Waals surface area contributed by atoms with Crippen LogP contribution >= 0.6 is 0 Å². The predicted molar refractivity (Wildman–Crippen MR) is 205 cm³/mol. The molecule has 3 rings (SSSR count). The average Bonchev–Trinajstić information content (AvgIpc) is 2.99. The van der Waals surface area contributed by atoms with E-state index in [9.17, 15) is 4.79 Å². The van der Waals surface area contributed by atoms with Gasteiger partial charge in [0.05, 0.1) is 0 Å². The van der Waals surface area contributed by atoms with E-state index in [0.717, 1.165) is 12.0 Å². The molecule has 0 heterocycles. The summed E-state index contributed by atoms with van der Waals surface area (Å²) in [6, 6.07) is 25.0. The lowest BCUT2D eigenvalue weighted by molar-refractivity contribution is 0.0956. The van der Waals surface area contributed by atoms with Crippen LogP contribution in [0, 0.1) is 13.8 Å². The summed E-state index contributed by atoms with van der Waals surface area (Å²) in [6.45, 7) is 35.1. The first-order valence-corrected chi connectivity index (χ1v) is 16.1. The van der Waals surface area contributed by atoms with Gasteiger partial charge in [-0.2, -0.15) is 0 Å². The molecule has 0 atom stereocenters. The Morgan fingerprint density at radius 3 is 1.44 bits per heavy atom. The molecule has 3 aromatic rings. The van der Waals surface area contributed by atoms with Crippen LogP contribution in [-0.2, 0) is 11.8 Å². The summed E-state index contributed by atoms with van der Waals surface area (Å²) >= 11 is 0. The molecular formula is C42H66N2O. The molecule has 1 amide bonds. The Bertz CT molecular complexity index is 1220. The first kappa shape index (κ1) is 45.7. The maximum Gasteiger partial charge on any atom is 0.251 e. The molecule has 0 aliphatic rings. The topological polar surface area (TPSA) is 55.1 Å². The van der Waals surface area contributed by atoms with E-state index in [1.54, 1.807) is 0 Å². The highest BCUT2D eigenvalue weighted by Gasteiger charge is 2.12. The molecule has 0 aromatic heterocycles. The summed E-state index contributed by atoms with van der Waals surface area (Å²) in [7, 11) is 1.50. The van der Waals surface area contributed by atoms with Gasteiger partial charge in [0.1, 0.15) is 0 Å². The van der Waals surface area contributed by atoms with Crippen LogP contribution in [0.3, 0.4) is 0 Å². The summed E-state index contributed by atoms with van der Waals surface area (Å²) in [5, 5.41) is 2.74. The van der Waals surface area contributed by atoms with Gasteiger partial charge < -0.3 is 11.1 Å². The average molecular weight is 615 g/mol. The molecule has 3 N–H and O–H groups in total. The van der Waals surface area contributed by atoms with Gasteiger partial charge in [-0.1, -0.05) is 130 Å². The number of nitrogens with one attached hydrogen (secondary N) is 1. The number of carbonyl (C=O) groups excluding carboxylic acids is 1. The van der Waals surface area contributed by atoms with E-state index < -0.39 is 0 Å². The van der Waals surface area contributed by atoms with Crippen molar-refractivity contribution >= 4 is 11.5 Å². The number of carbonyl (C=O) groups is 1. The van der Waals surface area contributed by atoms with Crippen LogP contribution in [-0.4, -0.2) is 19.5 Å². The van der Waals surface area contributed by atoms with Gasteiger partial charge in [-0.15, -0.1) is 6.58 Å². The van der Waals surface area contributed by atoms with Crippen LogP contribution in [0.25, 0.3) is 5.57 Å². The number of amides is 1. The molecule has 3 aromatic carbocycles. The van der Waals surface area contributed by atoms with Crippen LogP contribution < -0.4 is 11.1 Å².